The van der Waals surface area contributed by atoms with Crippen LogP contribution in [0, 0.1) is 13.8 Å². The molecule has 2 heterocycles. The summed E-state index contributed by atoms with van der Waals surface area (Å²) in [4.78, 5) is 0. The molecule has 0 spiro atoms. The van der Waals surface area contributed by atoms with Gasteiger partial charge in [0.05, 0.1) is 10.9 Å². The van der Waals surface area contributed by atoms with Gasteiger partial charge in [0.25, 0.3) is 0 Å². The van der Waals surface area contributed by atoms with Crippen molar-refractivity contribution >= 4 is 22.9 Å². The van der Waals surface area contributed by atoms with Gasteiger partial charge < -0.3 is 4.42 Å². The van der Waals surface area contributed by atoms with Gasteiger partial charge in [-0.3, -0.25) is 0 Å². The van der Waals surface area contributed by atoms with Gasteiger partial charge >= 0.3 is 0 Å². The molecule has 0 aliphatic rings. The number of hydrogen-bond donors (Lipinski definition) is 0. The van der Waals surface area contributed by atoms with Crippen LogP contribution in [0.15, 0.2) is 10.5 Å². The molecule has 0 aromatic carbocycles. The molecule has 0 saturated heterocycles. The summed E-state index contributed by atoms with van der Waals surface area (Å²) in [7, 11) is 0. The van der Waals surface area contributed by atoms with E-state index in [0.29, 0.717) is 0 Å². The summed E-state index contributed by atoms with van der Waals surface area (Å²) in [6.45, 7) is 5.73. The normalized spacial score (nSPS) is 13.1. The van der Waals surface area contributed by atoms with Gasteiger partial charge in [0.2, 0.25) is 0 Å². The van der Waals surface area contributed by atoms with E-state index in [1.807, 2.05) is 26.8 Å². The van der Waals surface area contributed by atoms with Crippen LogP contribution in [0.25, 0.3) is 10.6 Å². The number of alkyl halides is 1. The molecule has 5 heteroatoms. The first kappa shape index (κ1) is 10.6. The Morgan fingerprint density at radius 3 is 2.60 bits per heavy atom. The Balaban J connectivity index is 2.41. The number of rotatable bonds is 2. The summed E-state index contributed by atoms with van der Waals surface area (Å²) in [5, 5.41) is 9.76. The zero-order valence-electron chi connectivity index (χ0n) is 8.74. The fourth-order valence-electron chi connectivity index (χ4n) is 1.35. The molecule has 0 saturated carbocycles. The molecule has 0 N–H and O–H groups in total. The number of aryl methyl sites for hydroxylation is 2. The van der Waals surface area contributed by atoms with E-state index in [0.717, 1.165) is 27.1 Å². The van der Waals surface area contributed by atoms with Crippen molar-refractivity contribution in [2.24, 2.45) is 0 Å². The minimum Gasteiger partial charge on any atom is -0.466 e. The third-order valence-electron chi connectivity index (χ3n) is 2.05. The maximum absolute atomic E-state index is 5.93. The average Bonchev–Trinajstić information content (AvgIpc) is 2.71. The van der Waals surface area contributed by atoms with Crippen molar-refractivity contribution in [1.29, 1.82) is 0 Å². The zero-order valence-corrected chi connectivity index (χ0v) is 10.3. The van der Waals surface area contributed by atoms with Gasteiger partial charge in [-0.05, 0) is 26.8 Å². The van der Waals surface area contributed by atoms with Crippen molar-refractivity contribution < 1.29 is 4.42 Å². The van der Waals surface area contributed by atoms with E-state index in [2.05, 4.69) is 10.2 Å². The van der Waals surface area contributed by atoms with E-state index in [1.54, 1.807) is 0 Å². The standard InChI is InChI=1S/C10H11ClN2OS/c1-5-4-8(7(3)14-5)10-13-12-9(15-10)6(2)11/h4,6H,1-3H3. The molecule has 1 unspecified atom stereocenters. The lowest BCUT2D eigenvalue weighted by Crippen LogP contribution is -1.80. The van der Waals surface area contributed by atoms with Crippen LogP contribution in [0.4, 0.5) is 0 Å². The van der Waals surface area contributed by atoms with Gasteiger partial charge in [0, 0.05) is 0 Å². The predicted octanol–water partition coefficient (Wildman–Crippen LogP) is 3.71. The largest absolute Gasteiger partial charge is 0.466 e. The first-order valence-electron chi connectivity index (χ1n) is 4.63. The van der Waals surface area contributed by atoms with Crippen molar-refractivity contribution in [2.45, 2.75) is 26.1 Å². The Labute approximate surface area is 97.1 Å². The minimum absolute atomic E-state index is 0.0930. The molecule has 0 fully saturated rings. The van der Waals surface area contributed by atoms with Crippen molar-refractivity contribution in [2.75, 3.05) is 0 Å². The molecule has 2 aromatic rings. The quantitative estimate of drug-likeness (QED) is 0.754. The number of hydrogen-bond acceptors (Lipinski definition) is 4. The lowest BCUT2D eigenvalue weighted by molar-refractivity contribution is 0.505. The first-order valence-corrected chi connectivity index (χ1v) is 5.88. The van der Waals surface area contributed by atoms with Crippen LogP contribution in [-0.4, -0.2) is 10.2 Å². The van der Waals surface area contributed by atoms with Gasteiger partial charge in [-0.25, -0.2) is 0 Å². The monoisotopic (exact) mass is 242 g/mol. The van der Waals surface area contributed by atoms with Crippen LogP contribution in [0.1, 0.15) is 28.8 Å². The number of nitrogens with zero attached hydrogens (tertiary/aromatic N) is 2. The average molecular weight is 243 g/mol. The Bertz CT molecular complexity index is 475. The smallest absolute Gasteiger partial charge is 0.151 e. The molecule has 0 bridgehead atoms. The molecule has 0 aliphatic heterocycles. The summed E-state index contributed by atoms with van der Waals surface area (Å²) in [6, 6.07) is 1.97. The maximum atomic E-state index is 5.93. The second-order valence-corrected chi connectivity index (χ2v) is 5.05. The van der Waals surface area contributed by atoms with Crippen LogP contribution in [0.2, 0.25) is 0 Å². The van der Waals surface area contributed by atoms with Gasteiger partial charge in [-0.2, -0.15) is 0 Å². The highest BCUT2D eigenvalue weighted by atomic mass is 35.5. The van der Waals surface area contributed by atoms with Crippen molar-refractivity contribution in [3.05, 3.63) is 22.6 Å². The Morgan fingerprint density at radius 2 is 2.13 bits per heavy atom. The molecule has 3 nitrogen and oxygen atoms in total. The molecule has 0 aliphatic carbocycles. The third kappa shape index (κ3) is 2.06. The molecular formula is C10H11ClN2OS. The van der Waals surface area contributed by atoms with Crippen LogP contribution in [0.3, 0.4) is 0 Å². The highest BCUT2D eigenvalue weighted by molar-refractivity contribution is 7.15. The van der Waals surface area contributed by atoms with Gasteiger partial charge in [0.1, 0.15) is 16.5 Å². The molecule has 80 valence electrons. The Morgan fingerprint density at radius 1 is 1.40 bits per heavy atom. The first-order chi connectivity index (χ1) is 7.08. The lowest BCUT2D eigenvalue weighted by Gasteiger charge is -1.91. The predicted molar refractivity (Wildman–Crippen MR) is 61.4 cm³/mol. The molecule has 0 radical (unpaired) electrons. The van der Waals surface area contributed by atoms with E-state index >= 15 is 0 Å². The van der Waals surface area contributed by atoms with E-state index in [4.69, 9.17) is 16.0 Å². The van der Waals surface area contributed by atoms with Crippen molar-refractivity contribution in [1.82, 2.24) is 10.2 Å². The highest BCUT2D eigenvalue weighted by Gasteiger charge is 2.14. The summed E-state index contributed by atoms with van der Waals surface area (Å²) in [6.07, 6.45) is 0. The summed E-state index contributed by atoms with van der Waals surface area (Å²) in [5.74, 6) is 1.76. The second kappa shape index (κ2) is 3.94. The third-order valence-corrected chi connectivity index (χ3v) is 3.53. The van der Waals surface area contributed by atoms with Gasteiger partial charge in [0.15, 0.2) is 5.01 Å². The second-order valence-electron chi connectivity index (χ2n) is 3.39. The van der Waals surface area contributed by atoms with Gasteiger partial charge in [-0.1, -0.05) is 11.3 Å². The number of halogens is 1. The van der Waals surface area contributed by atoms with E-state index in [9.17, 15) is 0 Å². The lowest BCUT2D eigenvalue weighted by atomic mass is 10.2. The summed E-state index contributed by atoms with van der Waals surface area (Å²) < 4.78 is 5.44. The maximum Gasteiger partial charge on any atom is 0.151 e. The molecule has 2 rings (SSSR count). The van der Waals surface area contributed by atoms with Crippen LogP contribution in [-0.2, 0) is 0 Å². The van der Waals surface area contributed by atoms with Crippen LogP contribution in [0.5, 0.6) is 0 Å². The van der Waals surface area contributed by atoms with Crippen LogP contribution >= 0.6 is 22.9 Å². The number of aromatic nitrogens is 2. The Kier molecular flexibility index (Phi) is 2.80. The summed E-state index contributed by atoms with van der Waals surface area (Å²) >= 11 is 7.44. The summed E-state index contributed by atoms with van der Waals surface area (Å²) in [5.41, 5.74) is 1.01. The highest BCUT2D eigenvalue weighted by Crippen LogP contribution is 2.32. The van der Waals surface area contributed by atoms with Crippen molar-refractivity contribution in [3.63, 3.8) is 0 Å². The molecule has 2 aromatic heterocycles. The Hall–Kier alpha value is -0.870. The number of furan rings is 1. The van der Waals surface area contributed by atoms with E-state index in [-0.39, 0.29) is 5.38 Å². The van der Waals surface area contributed by atoms with Crippen LogP contribution < -0.4 is 0 Å². The van der Waals surface area contributed by atoms with E-state index in [1.165, 1.54) is 11.3 Å². The zero-order chi connectivity index (χ0) is 11.0. The molecular weight excluding hydrogens is 232 g/mol. The SMILES string of the molecule is Cc1cc(-c2nnc(C(C)Cl)s2)c(C)o1. The topological polar surface area (TPSA) is 38.9 Å². The molecule has 1 atom stereocenters. The minimum atomic E-state index is -0.0930. The fraction of sp³-hybridized carbons (Fsp3) is 0.400. The van der Waals surface area contributed by atoms with Crippen molar-refractivity contribution in [3.8, 4) is 10.6 Å². The fourth-order valence-corrected chi connectivity index (χ4v) is 2.36. The van der Waals surface area contributed by atoms with E-state index < -0.39 is 0 Å². The van der Waals surface area contributed by atoms with Gasteiger partial charge in [-0.15, -0.1) is 21.8 Å². The molecule has 15 heavy (non-hydrogen) atoms. The molecule has 0 amide bonds.